The Bertz CT molecular complexity index is 474. The molecule has 0 spiro atoms. The van der Waals surface area contributed by atoms with Crippen molar-refractivity contribution >= 4 is 29.1 Å². The summed E-state index contributed by atoms with van der Waals surface area (Å²) in [5.41, 5.74) is 0.877. The number of benzene rings is 1. The molecule has 1 aliphatic rings. The summed E-state index contributed by atoms with van der Waals surface area (Å²) in [6, 6.07) is 5.28. The number of hydrogen-bond acceptors (Lipinski definition) is 3. The Morgan fingerprint density at radius 2 is 1.85 bits per heavy atom. The van der Waals surface area contributed by atoms with E-state index in [4.69, 9.17) is 28.3 Å². The van der Waals surface area contributed by atoms with Gasteiger partial charge in [-0.25, -0.2) is 0 Å². The van der Waals surface area contributed by atoms with Crippen molar-refractivity contribution in [3.8, 4) is 0 Å². The standard InChI is InChI=1S/C14H18Cl2N2O2/c15-12-2-1-11(9-13(12)16)10-14(20)18-5-3-17(4-6-18)7-8-19/h1-2,9,19H,3-8,10H2. The van der Waals surface area contributed by atoms with Crippen molar-refractivity contribution in [2.24, 2.45) is 0 Å². The summed E-state index contributed by atoms with van der Waals surface area (Å²) >= 11 is 11.8. The van der Waals surface area contributed by atoms with E-state index in [0.29, 0.717) is 36.1 Å². The van der Waals surface area contributed by atoms with Crippen LogP contribution >= 0.6 is 23.2 Å². The second-order valence-electron chi connectivity index (χ2n) is 4.87. The first kappa shape index (κ1) is 15.6. The van der Waals surface area contributed by atoms with Crippen LogP contribution in [-0.4, -0.2) is 60.1 Å². The molecule has 1 fully saturated rings. The Balaban J connectivity index is 1.88. The van der Waals surface area contributed by atoms with Gasteiger partial charge in [0.1, 0.15) is 0 Å². The van der Waals surface area contributed by atoms with Crippen LogP contribution in [-0.2, 0) is 11.2 Å². The quantitative estimate of drug-likeness (QED) is 0.919. The van der Waals surface area contributed by atoms with Gasteiger partial charge in [0.15, 0.2) is 0 Å². The number of aliphatic hydroxyl groups is 1. The molecule has 0 aromatic heterocycles. The van der Waals surface area contributed by atoms with E-state index in [1.807, 2.05) is 11.0 Å². The molecule has 0 unspecified atom stereocenters. The summed E-state index contributed by atoms with van der Waals surface area (Å²) in [6.07, 6.45) is 0.344. The van der Waals surface area contributed by atoms with E-state index in [9.17, 15) is 4.79 Å². The Morgan fingerprint density at radius 3 is 2.45 bits per heavy atom. The van der Waals surface area contributed by atoms with Gasteiger partial charge in [0.05, 0.1) is 23.1 Å². The lowest BCUT2D eigenvalue weighted by Crippen LogP contribution is -2.49. The van der Waals surface area contributed by atoms with Gasteiger partial charge in [-0.05, 0) is 17.7 Å². The van der Waals surface area contributed by atoms with Crippen molar-refractivity contribution < 1.29 is 9.90 Å². The van der Waals surface area contributed by atoms with Crippen molar-refractivity contribution in [1.29, 1.82) is 0 Å². The molecule has 0 aliphatic carbocycles. The molecule has 2 rings (SSSR count). The van der Waals surface area contributed by atoms with Gasteiger partial charge in [0.2, 0.25) is 5.91 Å². The first-order valence-corrected chi connectivity index (χ1v) is 7.40. The lowest BCUT2D eigenvalue weighted by atomic mass is 10.1. The molecule has 0 radical (unpaired) electrons. The molecule has 4 nitrogen and oxygen atoms in total. The van der Waals surface area contributed by atoms with Crippen molar-refractivity contribution in [2.75, 3.05) is 39.3 Å². The third kappa shape index (κ3) is 4.09. The maximum absolute atomic E-state index is 12.2. The average molecular weight is 317 g/mol. The Hall–Kier alpha value is -0.810. The molecule has 110 valence electrons. The highest BCUT2D eigenvalue weighted by atomic mass is 35.5. The van der Waals surface area contributed by atoms with Gasteiger partial charge in [0, 0.05) is 32.7 Å². The zero-order valence-corrected chi connectivity index (χ0v) is 12.7. The number of aliphatic hydroxyl groups excluding tert-OH is 1. The highest BCUT2D eigenvalue weighted by Gasteiger charge is 2.20. The van der Waals surface area contributed by atoms with Crippen LogP contribution in [0.15, 0.2) is 18.2 Å². The Morgan fingerprint density at radius 1 is 1.15 bits per heavy atom. The summed E-state index contributed by atoms with van der Waals surface area (Å²) in [5, 5.41) is 9.87. The minimum Gasteiger partial charge on any atom is -0.395 e. The Kier molecular flexibility index (Phi) is 5.66. The van der Waals surface area contributed by atoms with Crippen molar-refractivity contribution in [3.63, 3.8) is 0 Å². The van der Waals surface area contributed by atoms with Crippen LogP contribution in [0.25, 0.3) is 0 Å². The van der Waals surface area contributed by atoms with Crippen LogP contribution in [0.3, 0.4) is 0 Å². The smallest absolute Gasteiger partial charge is 0.227 e. The number of halogens is 2. The molecule has 1 aromatic rings. The third-order valence-corrected chi connectivity index (χ3v) is 4.22. The maximum Gasteiger partial charge on any atom is 0.227 e. The number of carbonyl (C=O) groups is 1. The van der Waals surface area contributed by atoms with Gasteiger partial charge in [-0.15, -0.1) is 0 Å². The summed E-state index contributed by atoms with van der Waals surface area (Å²) in [4.78, 5) is 16.2. The average Bonchev–Trinajstić information content (AvgIpc) is 2.44. The molecule has 1 heterocycles. The van der Waals surface area contributed by atoms with E-state index in [1.165, 1.54) is 0 Å². The van der Waals surface area contributed by atoms with Crippen LogP contribution in [0.1, 0.15) is 5.56 Å². The van der Waals surface area contributed by atoms with Crippen molar-refractivity contribution in [3.05, 3.63) is 33.8 Å². The molecule has 0 atom stereocenters. The number of β-amino-alcohol motifs (C(OH)–C–C–N with tert-alkyl or cyclic N) is 1. The highest BCUT2D eigenvalue weighted by Crippen LogP contribution is 2.23. The van der Waals surface area contributed by atoms with E-state index in [-0.39, 0.29) is 12.5 Å². The molecular formula is C14H18Cl2N2O2. The van der Waals surface area contributed by atoms with Crippen molar-refractivity contribution in [1.82, 2.24) is 9.80 Å². The molecule has 1 saturated heterocycles. The first-order valence-electron chi connectivity index (χ1n) is 6.65. The molecule has 1 amide bonds. The van der Waals surface area contributed by atoms with Crippen LogP contribution < -0.4 is 0 Å². The molecule has 0 saturated carbocycles. The van der Waals surface area contributed by atoms with E-state index >= 15 is 0 Å². The Labute approximate surface area is 128 Å². The number of nitrogens with zero attached hydrogens (tertiary/aromatic N) is 2. The number of carbonyl (C=O) groups excluding carboxylic acids is 1. The third-order valence-electron chi connectivity index (χ3n) is 3.48. The fraction of sp³-hybridized carbons (Fsp3) is 0.500. The maximum atomic E-state index is 12.2. The van der Waals surface area contributed by atoms with Gasteiger partial charge in [0.25, 0.3) is 0 Å². The molecule has 1 N–H and O–H groups in total. The van der Waals surface area contributed by atoms with Crippen LogP contribution in [0.5, 0.6) is 0 Å². The second kappa shape index (κ2) is 7.27. The number of hydrogen-bond donors (Lipinski definition) is 1. The van der Waals surface area contributed by atoms with Gasteiger partial charge in [-0.1, -0.05) is 29.3 Å². The minimum atomic E-state index is 0.104. The molecule has 0 bridgehead atoms. The molecule has 1 aliphatic heterocycles. The van der Waals surface area contributed by atoms with Gasteiger partial charge in [-0.2, -0.15) is 0 Å². The summed E-state index contributed by atoms with van der Waals surface area (Å²) in [6.45, 7) is 3.88. The van der Waals surface area contributed by atoms with E-state index < -0.39 is 0 Å². The van der Waals surface area contributed by atoms with Crippen LogP contribution in [0.4, 0.5) is 0 Å². The summed E-state index contributed by atoms with van der Waals surface area (Å²) in [5.74, 6) is 0.104. The van der Waals surface area contributed by atoms with E-state index in [1.54, 1.807) is 12.1 Å². The molecule has 6 heteroatoms. The topological polar surface area (TPSA) is 43.8 Å². The van der Waals surface area contributed by atoms with E-state index in [0.717, 1.165) is 18.7 Å². The van der Waals surface area contributed by atoms with Gasteiger partial charge >= 0.3 is 0 Å². The first-order chi connectivity index (χ1) is 9.60. The zero-order chi connectivity index (χ0) is 14.5. The van der Waals surface area contributed by atoms with Crippen molar-refractivity contribution in [2.45, 2.75) is 6.42 Å². The second-order valence-corrected chi connectivity index (χ2v) is 5.69. The number of piperazine rings is 1. The molecule has 20 heavy (non-hydrogen) atoms. The van der Waals surface area contributed by atoms with Crippen LogP contribution in [0.2, 0.25) is 10.0 Å². The van der Waals surface area contributed by atoms with E-state index in [2.05, 4.69) is 4.90 Å². The van der Waals surface area contributed by atoms with Gasteiger partial charge in [-0.3, -0.25) is 9.69 Å². The molecule has 1 aromatic carbocycles. The zero-order valence-electron chi connectivity index (χ0n) is 11.2. The normalized spacial score (nSPS) is 16.4. The number of amides is 1. The summed E-state index contributed by atoms with van der Waals surface area (Å²) < 4.78 is 0. The van der Waals surface area contributed by atoms with Crippen LogP contribution in [0, 0.1) is 0 Å². The number of rotatable bonds is 4. The minimum absolute atomic E-state index is 0.104. The largest absolute Gasteiger partial charge is 0.395 e. The predicted molar refractivity (Wildman–Crippen MR) is 80.3 cm³/mol. The lowest BCUT2D eigenvalue weighted by Gasteiger charge is -2.34. The van der Waals surface area contributed by atoms with Gasteiger partial charge < -0.3 is 10.0 Å². The lowest BCUT2D eigenvalue weighted by molar-refractivity contribution is -0.132. The monoisotopic (exact) mass is 316 g/mol. The highest BCUT2D eigenvalue weighted by molar-refractivity contribution is 6.42. The fourth-order valence-electron chi connectivity index (χ4n) is 2.30. The fourth-order valence-corrected chi connectivity index (χ4v) is 2.62. The molecular weight excluding hydrogens is 299 g/mol. The summed E-state index contributed by atoms with van der Waals surface area (Å²) in [7, 11) is 0. The predicted octanol–water partition coefficient (Wildman–Crippen LogP) is 1.67. The SMILES string of the molecule is O=C(Cc1ccc(Cl)c(Cl)c1)N1CCN(CCO)CC1.